The van der Waals surface area contributed by atoms with Gasteiger partial charge in [0.05, 0.1) is 12.0 Å². The van der Waals surface area contributed by atoms with Gasteiger partial charge in [-0.2, -0.15) is 0 Å². The molecular formula is C5H10NO3. The summed E-state index contributed by atoms with van der Waals surface area (Å²) in [7, 11) is 0. The van der Waals surface area contributed by atoms with E-state index in [1.807, 2.05) is 0 Å². The molecule has 0 spiro atoms. The molecule has 0 aliphatic rings. The molecule has 1 radical (unpaired) electrons. The fourth-order valence-electron chi connectivity index (χ4n) is 0.353. The van der Waals surface area contributed by atoms with Gasteiger partial charge in [0.1, 0.15) is 0 Å². The van der Waals surface area contributed by atoms with Crippen molar-refractivity contribution in [2.75, 3.05) is 0 Å². The lowest BCUT2D eigenvalue weighted by Gasteiger charge is -2.13. The van der Waals surface area contributed by atoms with E-state index in [1.165, 1.54) is 19.3 Å². The molecule has 1 amide bonds. The zero-order chi connectivity index (χ0) is 7.49. The van der Waals surface area contributed by atoms with Crippen molar-refractivity contribution >= 4 is 5.91 Å². The number of hydrogen-bond acceptors (Lipinski definition) is 3. The highest BCUT2D eigenvalue weighted by atomic mass is 16.5. The second kappa shape index (κ2) is 2.80. The molecule has 0 saturated carbocycles. The summed E-state index contributed by atoms with van der Waals surface area (Å²) in [4.78, 5) is 10.3. The Kier molecular flexibility index (Phi) is 2.61. The number of carbonyl (C=O) groups excluding carboxylic acids is 1. The third kappa shape index (κ3) is 5.26. The molecule has 0 heterocycles. The molecular weight excluding hydrogens is 122 g/mol. The van der Waals surface area contributed by atoms with E-state index in [9.17, 15) is 4.79 Å². The predicted molar refractivity (Wildman–Crippen MR) is 30.5 cm³/mol. The van der Waals surface area contributed by atoms with Crippen LogP contribution in [0.5, 0.6) is 0 Å². The Morgan fingerprint density at radius 2 is 2.11 bits per heavy atom. The minimum Gasteiger partial charge on any atom is -0.390 e. The number of hydroxylamine groups is 1. The first-order valence-corrected chi connectivity index (χ1v) is 2.48. The van der Waals surface area contributed by atoms with E-state index in [-0.39, 0.29) is 0 Å². The summed E-state index contributed by atoms with van der Waals surface area (Å²) in [5.74, 6) is -0.706. The molecule has 0 atom stereocenters. The molecule has 0 fully saturated rings. The fourth-order valence-corrected chi connectivity index (χ4v) is 0.353. The second-order valence-corrected chi connectivity index (χ2v) is 2.27. The van der Waals surface area contributed by atoms with Gasteiger partial charge in [0.25, 0.3) is 0 Å². The maximum absolute atomic E-state index is 10.3. The van der Waals surface area contributed by atoms with Crippen molar-refractivity contribution in [1.29, 1.82) is 0 Å². The molecule has 3 N–H and O–H groups in total. The highest BCUT2D eigenvalue weighted by molar-refractivity contribution is 5.84. The zero-order valence-corrected chi connectivity index (χ0v) is 5.38. The summed E-state index contributed by atoms with van der Waals surface area (Å²) >= 11 is 0. The first kappa shape index (κ1) is 8.39. The van der Waals surface area contributed by atoms with Gasteiger partial charge in [-0.15, -0.1) is 0 Å². The van der Waals surface area contributed by atoms with Gasteiger partial charge in [0.15, 0.2) is 0 Å². The average Bonchev–Trinajstić information content (AvgIpc) is 1.62. The van der Waals surface area contributed by atoms with Gasteiger partial charge in [0.2, 0.25) is 5.91 Å². The first-order chi connectivity index (χ1) is 3.95. The molecule has 0 rings (SSSR count). The van der Waals surface area contributed by atoms with E-state index in [0.717, 1.165) is 6.42 Å². The van der Waals surface area contributed by atoms with Crippen molar-refractivity contribution in [2.45, 2.75) is 19.4 Å². The van der Waals surface area contributed by atoms with Crippen molar-refractivity contribution in [3.05, 3.63) is 6.42 Å². The van der Waals surface area contributed by atoms with Crippen LogP contribution in [0.4, 0.5) is 0 Å². The molecule has 0 unspecified atom stereocenters. The van der Waals surface area contributed by atoms with E-state index in [4.69, 9.17) is 10.3 Å². The quantitative estimate of drug-likeness (QED) is 0.349. The number of rotatable bonds is 2. The van der Waals surface area contributed by atoms with Crippen molar-refractivity contribution in [3.63, 3.8) is 0 Å². The van der Waals surface area contributed by atoms with Crippen molar-refractivity contribution < 1.29 is 15.1 Å². The molecule has 0 aromatic heterocycles. The van der Waals surface area contributed by atoms with Crippen LogP contribution in [0, 0.1) is 6.42 Å². The molecule has 0 aliphatic carbocycles. The molecule has 0 aromatic rings. The van der Waals surface area contributed by atoms with E-state index in [1.54, 1.807) is 0 Å². The van der Waals surface area contributed by atoms with Gasteiger partial charge in [-0.25, -0.2) is 5.48 Å². The Labute approximate surface area is 53.5 Å². The molecule has 0 bridgehead atoms. The smallest absolute Gasteiger partial charge is 0.250 e. The summed E-state index contributed by atoms with van der Waals surface area (Å²) in [6.07, 6.45) is 0.965. The minimum absolute atomic E-state index is 0.706. The third-order valence-electron chi connectivity index (χ3n) is 0.595. The monoisotopic (exact) mass is 132 g/mol. The van der Waals surface area contributed by atoms with Crippen LogP contribution in [0.15, 0.2) is 0 Å². The Morgan fingerprint density at radius 1 is 1.67 bits per heavy atom. The largest absolute Gasteiger partial charge is 0.390 e. The van der Waals surface area contributed by atoms with Crippen LogP contribution in [0.3, 0.4) is 0 Å². The Bertz CT molecular complexity index is 105. The Balaban J connectivity index is 3.60. The van der Waals surface area contributed by atoms with Gasteiger partial charge >= 0.3 is 0 Å². The van der Waals surface area contributed by atoms with E-state index in [2.05, 4.69) is 0 Å². The van der Waals surface area contributed by atoms with Crippen LogP contribution in [0.25, 0.3) is 0 Å². The topological polar surface area (TPSA) is 69.6 Å². The minimum atomic E-state index is -1.17. The zero-order valence-electron chi connectivity index (χ0n) is 5.38. The van der Waals surface area contributed by atoms with Gasteiger partial charge < -0.3 is 5.11 Å². The summed E-state index contributed by atoms with van der Waals surface area (Å²) < 4.78 is 0. The number of amides is 1. The average molecular weight is 132 g/mol. The van der Waals surface area contributed by atoms with Crippen molar-refractivity contribution in [2.24, 2.45) is 0 Å². The van der Waals surface area contributed by atoms with Gasteiger partial charge in [-0.3, -0.25) is 10.0 Å². The Morgan fingerprint density at radius 3 is 2.22 bits per heavy atom. The highest BCUT2D eigenvalue weighted by Crippen LogP contribution is 2.03. The normalized spacial score (nSPS) is 11.1. The molecule has 0 aromatic carbocycles. The molecule has 0 saturated heterocycles. The van der Waals surface area contributed by atoms with Crippen LogP contribution in [0.1, 0.15) is 13.8 Å². The molecule has 0 aliphatic heterocycles. The maximum atomic E-state index is 10.3. The fraction of sp³-hybridized carbons (Fsp3) is 0.600. The van der Waals surface area contributed by atoms with Gasteiger partial charge in [-0.1, -0.05) is 0 Å². The maximum Gasteiger partial charge on any atom is 0.250 e. The Hall–Kier alpha value is -0.610. The van der Waals surface area contributed by atoms with Crippen LogP contribution in [0.2, 0.25) is 0 Å². The number of aliphatic hydroxyl groups is 1. The molecule has 4 nitrogen and oxygen atoms in total. The highest BCUT2D eigenvalue weighted by Gasteiger charge is 2.17. The van der Waals surface area contributed by atoms with E-state index in [0.29, 0.717) is 0 Å². The van der Waals surface area contributed by atoms with Crippen LogP contribution in [-0.2, 0) is 4.79 Å². The lowest BCUT2D eigenvalue weighted by Crippen LogP contribution is -2.31. The second-order valence-electron chi connectivity index (χ2n) is 2.27. The van der Waals surface area contributed by atoms with Crippen LogP contribution < -0.4 is 5.48 Å². The SMILES string of the molecule is CC(C)(O)[CH]C(=O)NO. The predicted octanol–water partition coefficient (Wildman–Crippen LogP) is -0.533. The number of hydrogen-bond donors (Lipinski definition) is 3. The van der Waals surface area contributed by atoms with Crippen LogP contribution >= 0.6 is 0 Å². The lowest BCUT2D eigenvalue weighted by molar-refractivity contribution is -0.127. The summed E-state index contributed by atoms with van der Waals surface area (Å²) in [6.45, 7) is 2.87. The third-order valence-corrected chi connectivity index (χ3v) is 0.595. The van der Waals surface area contributed by atoms with Crippen molar-refractivity contribution in [3.8, 4) is 0 Å². The van der Waals surface area contributed by atoms with E-state index >= 15 is 0 Å². The molecule has 4 heteroatoms. The van der Waals surface area contributed by atoms with E-state index < -0.39 is 11.5 Å². The van der Waals surface area contributed by atoms with Crippen LogP contribution in [-0.4, -0.2) is 21.8 Å². The summed E-state index contributed by atoms with van der Waals surface area (Å²) in [6, 6.07) is 0. The number of nitrogens with one attached hydrogen (secondary N) is 1. The van der Waals surface area contributed by atoms with Crippen molar-refractivity contribution in [1.82, 2.24) is 5.48 Å². The van der Waals surface area contributed by atoms with Gasteiger partial charge in [0, 0.05) is 0 Å². The standard InChI is InChI=1S/C5H10NO3/c1-5(2,8)3-4(7)6-9/h3,8-9H,1-2H3,(H,6,7). The molecule has 53 valence electrons. The first-order valence-electron chi connectivity index (χ1n) is 2.48. The molecule has 9 heavy (non-hydrogen) atoms. The van der Waals surface area contributed by atoms with Gasteiger partial charge in [-0.05, 0) is 13.8 Å². The lowest BCUT2D eigenvalue weighted by atomic mass is 10.1. The summed E-state index contributed by atoms with van der Waals surface area (Å²) in [5, 5.41) is 16.8. The summed E-state index contributed by atoms with van der Waals surface area (Å²) in [5.41, 5.74) is 0.193. The number of carbonyl (C=O) groups is 1.